The van der Waals surface area contributed by atoms with E-state index < -0.39 is 72.5 Å². The largest absolute Gasteiger partial charge is 0.390 e. The van der Waals surface area contributed by atoms with Gasteiger partial charge in [-0.05, 0) is 38.8 Å². The molecule has 9 atom stereocenters. The Bertz CT molecular complexity index is 1260. The lowest BCUT2D eigenvalue weighted by atomic mass is 9.87. The second kappa shape index (κ2) is 15.9. The van der Waals surface area contributed by atoms with E-state index in [1.807, 2.05) is 95.3 Å². The van der Waals surface area contributed by atoms with Crippen molar-refractivity contribution in [3.05, 3.63) is 71.8 Å². The Morgan fingerprint density at radius 3 is 1.96 bits per heavy atom. The highest BCUT2D eigenvalue weighted by molar-refractivity contribution is 5.14. The molecule has 0 aliphatic carbocycles. The summed E-state index contributed by atoms with van der Waals surface area (Å²) in [6, 6.07) is 19.5. The van der Waals surface area contributed by atoms with Crippen LogP contribution in [0.15, 0.2) is 60.7 Å². The Morgan fingerprint density at radius 1 is 0.792 bits per heavy atom. The second-order valence-corrected chi connectivity index (χ2v) is 13.4. The lowest BCUT2D eigenvalue weighted by Gasteiger charge is -2.50. The normalized spacial score (nSPS) is 33.7. The van der Waals surface area contributed by atoms with Crippen LogP contribution in [0.1, 0.15) is 45.7 Å². The molecule has 0 bridgehead atoms. The highest BCUT2D eigenvalue weighted by Crippen LogP contribution is 2.42. The molecule has 0 radical (unpaired) electrons. The van der Waals surface area contributed by atoms with Crippen LogP contribution in [0.5, 0.6) is 0 Å². The SMILES string of the molecule is COC(OC)[C@@H]1OC(C)(C)O[C@H]1[C@@H](O[C@@H]1O[C@](COCc2ccccc2)(OC)[C@H](C)[C@H](O)[C@H]1OCc1ccccc1)[C@H]1COC(C)(C)O1. The fraction of sp³-hybridized carbons (Fsp3) is 0.667. The number of aliphatic hydroxyl groups is 1. The van der Waals surface area contributed by atoms with Crippen molar-refractivity contribution in [1.29, 1.82) is 0 Å². The molecule has 3 aliphatic rings. The Balaban J connectivity index is 1.47. The minimum atomic E-state index is -1.39. The average Bonchev–Trinajstić information content (AvgIpc) is 3.60. The van der Waals surface area contributed by atoms with Gasteiger partial charge in [0.2, 0.25) is 0 Å². The molecule has 0 aromatic heterocycles. The summed E-state index contributed by atoms with van der Waals surface area (Å²) in [7, 11) is 4.59. The van der Waals surface area contributed by atoms with Gasteiger partial charge in [0, 0.05) is 27.2 Å². The van der Waals surface area contributed by atoms with E-state index in [9.17, 15) is 5.11 Å². The van der Waals surface area contributed by atoms with Crippen molar-refractivity contribution < 1.29 is 57.2 Å². The number of hydrogen-bond acceptors (Lipinski definition) is 12. The van der Waals surface area contributed by atoms with Crippen molar-refractivity contribution in [2.24, 2.45) is 5.92 Å². The van der Waals surface area contributed by atoms with Crippen molar-refractivity contribution in [2.75, 3.05) is 34.5 Å². The molecule has 3 fully saturated rings. The first kappa shape index (κ1) is 37.2. The van der Waals surface area contributed by atoms with E-state index in [4.69, 9.17) is 52.1 Å². The molecule has 12 heteroatoms. The molecule has 0 spiro atoms. The Labute approximate surface area is 283 Å². The summed E-state index contributed by atoms with van der Waals surface area (Å²) in [6.07, 6.45) is -6.95. The Kier molecular flexibility index (Phi) is 12.3. The number of hydrogen-bond donors (Lipinski definition) is 1. The van der Waals surface area contributed by atoms with E-state index in [-0.39, 0.29) is 19.8 Å². The molecule has 0 unspecified atom stereocenters. The van der Waals surface area contributed by atoms with Gasteiger partial charge in [-0.2, -0.15) is 0 Å². The minimum absolute atomic E-state index is 0.0107. The average molecular weight is 677 g/mol. The van der Waals surface area contributed by atoms with Crippen LogP contribution in [0.2, 0.25) is 0 Å². The number of rotatable bonds is 15. The molecule has 2 aromatic rings. The van der Waals surface area contributed by atoms with Gasteiger partial charge >= 0.3 is 0 Å². The van der Waals surface area contributed by atoms with E-state index in [1.165, 1.54) is 21.3 Å². The van der Waals surface area contributed by atoms with E-state index in [0.717, 1.165) is 11.1 Å². The number of aliphatic hydroxyl groups excluding tert-OH is 1. The maximum absolute atomic E-state index is 11.9. The van der Waals surface area contributed by atoms with Gasteiger partial charge in [-0.1, -0.05) is 67.6 Å². The third-order valence-corrected chi connectivity index (χ3v) is 9.08. The summed E-state index contributed by atoms with van der Waals surface area (Å²) in [5.74, 6) is -3.86. The predicted octanol–water partition coefficient (Wildman–Crippen LogP) is 4.16. The molecule has 48 heavy (non-hydrogen) atoms. The fourth-order valence-corrected chi connectivity index (χ4v) is 6.52. The molecular formula is C36H52O12. The highest BCUT2D eigenvalue weighted by Gasteiger charge is 2.58. The van der Waals surface area contributed by atoms with Crippen LogP contribution in [0.4, 0.5) is 0 Å². The summed E-state index contributed by atoms with van der Waals surface area (Å²) in [6.45, 7) is 9.87. The number of methoxy groups -OCH3 is 3. The zero-order valence-corrected chi connectivity index (χ0v) is 29.2. The molecule has 3 heterocycles. The lowest BCUT2D eigenvalue weighted by Crippen LogP contribution is -2.65. The van der Waals surface area contributed by atoms with E-state index >= 15 is 0 Å². The standard InChI is InChI=1S/C36H52O12/c1-23-27(37)29(42-20-25-17-13-10-14-18-25)33(48-36(23,40-8)22-41-19-24-15-11-9-12-16-24)44-28(26-21-43-34(2,3)45-26)30-31(32(38-6)39-7)47-35(4,5)46-30/h9-18,23,26-33,37H,19-22H2,1-8H3/t23-,26-,27+,28+,29-,30+,31-,33-,36+/m1/s1. The molecule has 1 N–H and O–H groups in total. The first-order chi connectivity index (χ1) is 22.9. The van der Waals surface area contributed by atoms with Crippen LogP contribution in [-0.4, -0.2) is 106 Å². The molecule has 2 aromatic carbocycles. The quantitative estimate of drug-likeness (QED) is 0.273. The van der Waals surface area contributed by atoms with Gasteiger partial charge in [0.25, 0.3) is 0 Å². The molecule has 0 amide bonds. The van der Waals surface area contributed by atoms with Crippen LogP contribution >= 0.6 is 0 Å². The van der Waals surface area contributed by atoms with Gasteiger partial charge in [-0.3, -0.25) is 0 Å². The van der Waals surface area contributed by atoms with Gasteiger partial charge < -0.3 is 57.2 Å². The third kappa shape index (κ3) is 8.63. The van der Waals surface area contributed by atoms with Gasteiger partial charge in [0.1, 0.15) is 37.1 Å². The van der Waals surface area contributed by atoms with Crippen LogP contribution in [0, 0.1) is 5.92 Å². The van der Waals surface area contributed by atoms with Crippen LogP contribution in [0.25, 0.3) is 0 Å². The van der Waals surface area contributed by atoms with Crippen molar-refractivity contribution in [3.63, 3.8) is 0 Å². The van der Waals surface area contributed by atoms with Crippen molar-refractivity contribution in [1.82, 2.24) is 0 Å². The minimum Gasteiger partial charge on any atom is -0.390 e. The third-order valence-electron chi connectivity index (χ3n) is 9.08. The van der Waals surface area contributed by atoms with Crippen LogP contribution < -0.4 is 0 Å². The number of benzene rings is 2. The molecule has 12 nitrogen and oxygen atoms in total. The van der Waals surface area contributed by atoms with Gasteiger partial charge in [-0.15, -0.1) is 0 Å². The summed E-state index contributed by atoms with van der Waals surface area (Å²) in [4.78, 5) is 0. The molecule has 268 valence electrons. The summed E-state index contributed by atoms with van der Waals surface area (Å²) >= 11 is 0. The summed E-state index contributed by atoms with van der Waals surface area (Å²) < 4.78 is 68.6. The van der Waals surface area contributed by atoms with Crippen molar-refractivity contribution >= 4 is 0 Å². The maximum atomic E-state index is 11.9. The molecule has 0 saturated carbocycles. The lowest BCUT2D eigenvalue weighted by molar-refractivity contribution is -0.411. The molecular weight excluding hydrogens is 624 g/mol. The van der Waals surface area contributed by atoms with Crippen LogP contribution in [-0.2, 0) is 65.3 Å². The molecule has 5 rings (SSSR count). The molecule has 3 saturated heterocycles. The Hall–Kier alpha value is -2.04. The van der Waals surface area contributed by atoms with E-state index in [0.29, 0.717) is 6.61 Å². The first-order valence-electron chi connectivity index (χ1n) is 16.5. The van der Waals surface area contributed by atoms with Gasteiger partial charge in [0.15, 0.2) is 29.9 Å². The topological polar surface area (TPSA) is 122 Å². The van der Waals surface area contributed by atoms with Crippen molar-refractivity contribution in [3.8, 4) is 0 Å². The van der Waals surface area contributed by atoms with Crippen molar-refractivity contribution in [2.45, 2.75) is 114 Å². The van der Waals surface area contributed by atoms with E-state index in [2.05, 4.69) is 0 Å². The van der Waals surface area contributed by atoms with Gasteiger partial charge in [0.05, 0.1) is 25.9 Å². The summed E-state index contributed by atoms with van der Waals surface area (Å²) in [5.41, 5.74) is 1.91. The monoisotopic (exact) mass is 676 g/mol. The van der Waals surface area contributed by atoms with Crippen LogP contribution in [0.3, 0.4) is 0 Å². The van der Waals surface area contributed by atoms with Gasteiger partial charge in [-0.25, -0.2) is 0 Å². The maximum Gasteiger partial charge on any atom is 0.199 e. The highest BCUT2D eigenvalue weighted by atomic mass is 16.8. The second-order valence-electron chi connectivity index (χ2n) is 13.4. The first-order valence-corrected chi connectivity index (χ1v) is 16.5. The fourth-order valence-electron chi connectivity index (χ4n) is 6.52. The van der Waals surface area contributed by atoms with E-state index in [1.54, 1.807) is 0 Å². The molecule has 3 aliphatic heterocycles. The predicted molar refractivity (Wildman–Crippen MR) is 172 cm³/mol. The smallest absolute Gasteiger partial charge is 0.199 e. The number of ether oxygens (including phenoxy) is 11. The zero-order valence-electron chi connectivity index (χ0n) is 29.2. The zero-order chi connectivity index (χ0) is 34.5. The summed E-state index contributed by atoms with van der Waals surface area (Å²) in [5, 5.41) is 11.9. The Morgan fingerprint density at radius 2 is 1.40 bits per heavy atom.